The molecule has 0 fully saturated rings. The minimum atomic E-state index is -0.528. The van der Waals surface area contributed by atoms with Crippen molar-refractivity contribution in [2.45, 2.75) is 6.54 Å². The van der Waals surface area contributed by atoms with Crippen LogP contribution in [0.5, 0.6) is 0 Å². The topological polar surface area (TPSA) is 87.2 Å². The Morgan fingerprint density at radius 1 is 1.29 bits per heavy atom. The van der Waals surface area contributed by atoms with Crippen molar-refractivity contribution >= 4 is 17.6 Å². The van der Waals surface area contributed by atoms with E-state index in [0.29, 0.717) is 22.0 Å². The van der Waals surface area contributed by atoms with Crippen LogP contribution in [0.15, 0.2) is 51.9 Å². The van der Waals surface area contributed by atoms with E-state index in [-0.39, 0.29) is 18.0 Å². The molecule has 0 spiro atoms. The number of hydrogen-bond acceptors (Lipinski definition) is 6. The Kier molecular flexibility index (Phi) is 4.43. The first kappa shape index (κ1) is 15.9. The lowest BCUT2D eigenvalue weighted by Crippen LogP contribution is -2.23. The van der Waals surface area contributed by atoms with Crippen LogP contribution >= 0.6 is 11.6 Å². The Bertz CT molecular complexity index is 948. The van der Waals surface area contributed by atoms with Crippen molar-refractivity contribution < 1.29 is 14.1 Å². The third-order valence-electron chi connectivity index (χ3n) is 3.27. The predicted molar refractivity (Wildman–Crippen MR) is 86.5 cm³/mol. The van der Waals surface area contributed by atoms with Gasteiger partial charge in [0.2, 0.25) is 5.82 Å². The third kappa shape index (κ3) is 3.36. The zero-order valence-electron chi connectivity index (χ0n) is 12.6. The Hall–Kier alpha value is -2.93. The van der Waals surface area contributed by atoms with E-state index in [4.69, 9.17) is 16.1 Å². The summed E-state index contributed by atoms with van der Waals surface area (Å²) in [5, 5.41) is 4.47. The summed E-state index contributed by atoms with van der Waals surface area (Å²) in [6.07, 6.45) is 1.47. The van der Waals surface area contributed by atoms with Gasteiger partial charge < -0.3 is 13.8 Å². The molecule has 3 aromatic rings. The van der Waals surface area contributed by atoms with Crippen LogP contribution < -0.4 is 5.56 Å². The number of rotatable bonds is 4. The fourth-order valence-electron chi connectivity index (χ4n) is 2.07. The number of esters is 1. The van der Waals surface area contributed by atoms with E-state index in [2.05, 4.69) is 14.9 Å². The molecule has 0 aliphatic carbocycles. The summed E-state index contributed by atoms with van der Waals surface area (Å²) in [5.74, 6) is 0.0706. The van der Waals surface area contributed by atoms with Crippen molar-refractivity contribution in [3.8, 4) is 22.8 Å². The third-order valence-corrected chi connectivity index (χ3v) is 3.50. The second-order valence-electron chi connectivity index (χ2n) is 4.89. The lowest BCUT2D eigenvalue weighted by atomic mass is 10.2. The van der Waals surface area contributed by atoms with E-state index in [1.54, 1.807) is 30.3 Å². The lowest BCUT2D eigenvalue weighted by molar-refractivity contribution is -0.141. The molecule has 0 bridgehead atoms. The molecule has 0 unspecified atom stereocenters. The van der Waals surface area contributed by atoms with Crippen LogP contribution in [0.2, 0.25) is 5.02 Å². The number of halogens is 1. The minimum absolute atomic E-state index is 0.196. The van der Waals surface area contributed by atoms with Gasteiger partial charge in [0.25, 0.3) is 11.4 Å². The van der Waals surface area contributed by atoms with Crippen LogP contribution in [0.3, 0.4) is 0 Å². The molecule has 0 aliphatic rings. The molecule has 24 heavy (non-hydrogen) atoms. The fraction of sp³-hybridized carbons (Fsp3) is 0.125. The average Bonchev–Trinajstić information content (AvgIpc) is 3.07. The molecule has 1 aromatic carbocycles. The van der Waals surface area contributed by atoms with Crippen molar-refractivity contribution in [2.75, 3.05) is 7.11 Å². The molecule has 0 amide bonds. The number of ether oxygens (including phenoxy) is 1. The van der Waals surface area contributed by atoms with E-state index in [1.807, 2.05) is 0 Å². The molecule has 0 aliphatic heterocycles. The lowest BCUT2D eigenvalue weighted by Gasteiger charge is -2.04. The Balaban J connectivity index is 1.94. The van der Waals surface area contributed by atoms with E-state index in [1.165, 1.54) is 23.9 Å². The SMILES string of the molecule is COC(=O)Cn1cc(-c2nc(-c3cccc(Cl)c3)no2)ccc1=O. The van der Waals surface area contributed by atoms with Crippen molar-refractivity contribution in [3.05, 3.63) is 58.0 Å². The van der Waals surface area contributed by atoms with Gasteiger partial charge in [-0.1, -0.05) is 28.9 Å². The molecule has 2 aromatic heterocycles. The summed E-state index contributed by atoms with van der Waals surface area (Å²) < 4.78 is 11.0. The quantitative estimate of drug-likeness (QED) is 0.675. The maximum atomic E-state index is 11.8. The van der Waals surface area contributed by atoms with E-state index in [9.17, 15) is 9.59 Å². The molecule has 0 N–H and O–H groups in total. The number of benzene rings is 1. The van der Waals surface area contributed by atoms with Crippen LogP contribution in [-0.2, 0) is 16.1 Å². The van der Waals surface area contributed by atoms with Crippen LogP contribution in [0.25, 0.3) is 22.8 Å². The highest BCUT2D eigenvalue weighted by atomic mass is 35.5. The largest absolute Gasteiger partial charge is 0.468 e. The van der Waals surface area contributed by atoms with E-state index < -0.39 is 5.97 Å². The van der Waals surface area contributed by atoms with Gasteiger partial charge >= 0.3 is 5.97 Å². The molecular weight excluding hydrogens is 334 g/mol. The second kappa shape index (κ2) is 6.67. The summed E-state index contributed by atoms with van der Waals surface area (Å²) >= 11 is 5.95. The van der Waals surface area contributed by atoms with Crippen molar-refractivity contribution in [2.24, 2.45) is 0 Å². The van der Waals surface area contributed by atoms with Gasteiger partial charge in [-0.05, 0) is 18.2 Å². The van der Waals surface area contributed by atoms with Crippen LogP contribution in [0, 0.1) is 0 Å². The average molecular weight is 346 g/mol. The molecule has 8 heteroatoms. The van der Waals surface area contributed by atoms with Gasteiger partial charge in [0.1, 0.15) is 6.54 Å². The van der Waals surface area contributed by atoms with Gasteiger partial charge in [-0.15, -0.1) is 0 Å². The molecule has 0 radical (unpaired) electrons. The molecule has 2 heterocycles. The summed E-state index contributed by atoms with van der Waals surface area (Å²) in [4.78, 5) is 27.4. The molecular formula is C16H12ClN3O4. The number of aromatic nitrogens is 3. The number of pyridine rings is 1. The first-order valence-corrected chi connectivity index (χ1v) is 7.32. The molecule has 0 atom stereocenters. The summed E-state index contributed by atoms with van der Waals surface area (Å²) in [5.41, 5.74) is 0.887. The standard InChI is InChI=1S/C16H12ClN3O4/c1-23-14(22)9-20-8-11(5-6-13(20)21)16-18-15(19-24-16)10-3-2-4-12(17)7-10/h2-8H,9H2,1H3. The van der Waals surface area contributed by atoms with Gasteiger partial charge in [-0.3, -0.25) is 9.59 Å². The van der Waals surface area contributed by atoms with Crippen molar-refractivity contribution in [1.82, 2.24) is 14.7 Å². The number of nitrogens with zero attached hydrogens (tertiary/aromatic N) is 3. The minimum Gasteiger partial charge on any atom is -0.468 e. The molecule has 3 rings (SSSR count). The maximum absolute atomic E-state index is 11.8. The number of methoxy groups -OCH3 is 1. The van der Waals surface area contributed by atoms with Crippen LogP contribution in [0.4, 0.5) is 0 Å². The molecule has 122 valence electrons. The fourth-order valence-corrected chi connectivity index (χ4v) is 2.26. The Morgan fingerprint density at radius 2 is 2.12 bits per heavy atom. The normalized spacial score (nSPS) is 10.6. The van der Waals surface area contributed by atoms with Crippen LogP contribution in [-0.4, -0.2) is 27.8 Å². The zero-order valence-corrected chi connectivity index (χ0v) is 13.4. The second-order valence-corrected chi connectivity index (χ2v) is 5.33. The van der Waals surface area contributed by atoms with Crippen molar-refractivity contribution in [1.29, 1.82) is 0 Å². The predicted octanol–water partition coefficient (Wildman–Crippen LogP) is 2.39. The van der Waals surface area contributed by atoms with Crippen molar-refractivity contribution in [3.63, 3.8) is 0 Å². The van der Waals surface area contributed by atoms with E-state index in [0.717, 1.165) is 0 Å². The first-order valence-electron chi connectivity index (χ1n) is 6.94. The highest BCUT2D eigenvalue weighted by molar-refractivity contribution is 6.30. The highest BCUT2D eigenvalue weighted by Crippen LogP contribution is 2.23. The van der Waals surface area contributed by atoms with E-state index >= 15 is 0 Å². The summed E-state index contributed by atoms with van der Waals surface area (Å²) in [7, 11) is 1.26. The monoisotopic (exact) mass is 345 g/mol. The first-order chi connectivity index (χ1) is 11.6. The number of carbonyl (C=O) groups is 1. The Labute approximate surface area is 141 Å². The smallest absolute Gasteiger partial charge is 0.325 e. The van der Waals surface area contributed by atoms with Gasteiger partial charge in [0.05, 0.1) is 12.7 Å². The molecule has 7 nitrogen and oxygen atoms in total. The summed E-state index contributed by atoms with van der Waals surface area (Å²) in [6, 6.07) is 9.92. The van der Waals surface area contributed by atoms with Gasteiger partial charge in [0, 0.05) is 22.8 Å². The van der Waals surface area contributed by atoms with Gasteiger partial charge in [0.15, 0.2) is 0 Å². The molecule has 0 saturated heterocycles. The highest BCUT2D eigenvalue weighted by Gasteiger charge is 2.13. The number of carbonyl (C=O) groups excluding carboxylic acids is 1. The van der Waals surface area contributed by atoms with Gasteiger partial charge in [-0.25, -0.2) is 0 Å². The Morgan fingerprint density at radius 3 is 2.88 bits per heavy atom. The zero-order chi connectivity index (χ0) is 17.1. The number of hydrogen-bond donors (Lipinski definition) is 0. The van der Waals surface area contributed by atoms with Crippen LogP contribution in [0.1, 0.15) is 0 Å². The van der Waals surface area contributed by atoms with Gasteiger partial charge in [-0.2, -0.15) is 4.98 Å². The maximum Gasteiger partial charge on any atom is 0.325 e. The molecule has 0 saturated carbocycles. The summed E-state index contributed by atoms with van der Waals surface area (Å²) in [6.45, 7) is -0.196.